The summed E-state index contributed by atoms with van der Waals surface area (Å²) in [6.45, 7) is 9.76. The van der Waals surface area contributed by atoms with Crippen molar-refractivity contribution in [3.8, 4) is 0 Å². The molecule has 0 aliphatic carbocycles. The fourth-order valence-electron chi connectivity index (χ4n) is 3.17. The van der Waals surface area contributed by atoms with E-state index in [4.69, 9.17) is 16.4 Å². The minimum Gasteiger partial charge on any atom is -0.441 e. The number of hydrogen-bond donors (Lipinski definition) is 1. The third kappa shape index (κ3) is 3.40. The summed E-state index contributed by atoms with van der Waals surface area (Å²) in [6, 6.07) is 7.87. The first-order valence-corrected chi connectivity index (χ1v) is 7.98. The molecule has 3 rings (SSSR count). The molecule has 0 radical (unpaired) electrons. The average molecular weight is 315 g/mol. The van der Waals surface area contributed by atoms with Gasteiger partial charge in [0, 0.05) is 30.4 Å². The first kappa shape index (κ1) is 15.6. The molecule has 1 N–H and O–H groups in total. The Bertz CT molecular complexity index is 588. The molecule has 6 heteroatoms. The Labute approximate surface area is 136 Å². The van der Waals surface area contributed by atoms with Crippen LogP contribution in [0.3, 0.4) is 0 Å². The van der Waals surface area contributed by atoms with Crippen LogP contribution in [0.1, 0.15) is 12.8 Å². The van der Waals surface area contributed by atoms with E-state index in [2.05, 4.69) is 9.74 Å². The standard InChI is InChI=1S/C17H21N3O3/c1-18-10-13-6-8-19(9-7-13)14-2-4-15(5-3-14)20-11-16(12-21)23-17(20)22/h2-5,13,16,21H,6-12H2/t16-/m1/s1. The summed E-state index contributed by atoms with van der Waals surface area (Å²) in [5.41, 5.74) is 1.93. The van der Waals surface area contributed by atoms with Gasteiger partial charge in [-0.15, -0.1) is 0 Å². The Morgan fingerprint density at radius 1 is 1.22 bits per heavy atom. The molecule has 2 aliphatic heterocycles. The highest BCUT2D eigenvalue weighted by Crippen LogP contribution is 2.27. The Hall–Kier alpha value is -2.26. The van der Waals surface area contributed by atoms with Gasteiger partial charge < -0.3 is 19.6 Å². The lowest BCUT2D eigenvalue weighted by Crippen LogP contribution is -2.34. The van der Waals surface area contributed by atoms with Gasteiger partial charge in [-0.1, -0.05) is 0 Å². The predicted octanol–water partition coefficient (Wildman–Crippen LogP) is 2.14. The third-order valence-electron chi connectivity index (χ3n) is 4.57. The van der Waals surface area contributed by atoms with Crippen LogP contribution in [0.25, 0.3) is 4.85 Å². The number of anilines is 2. The SMILES string of the molecule is [C-]#[N+]CC1CCN(c2ccc(N3C[C@H](CO)OC3=O)cc2)CC1. The average Bonchev–Trinajstić information content (AvgIpc) is 2.97. The van der Waals surface area contributed by atoms with E-state index >= 15 is 0 Å². The molecule has 1 aromatic rings. The highest BCUT2D eigenvalue weighted by Gasteiger charge is 2.31. The van der Waals surface area contributed by atoms with Gasteiger partial charge in [-0.3, -0.25) is 4.90 Å². The molecule has 1 aromatic carbocycles. The molecule has 1 atom stereocenters. The number of carbonyl (C=O) groups excluding carboxylic acids is 1. The second-order valence-corrected chi connectivity index (χ2v) is 6.09. The number of aliphatic hydroxyl groups is 1. The normalized spacial score (nSPS) is 22.1. The number of rotatable bonds is 4. The lowest BCUT2D eigenvalue weighted by molar-refractivity contribution is 0.0963. The summed E-state index contributed by atoms with van der Waals surface area (Å²) < 4.78 is 5.06. The molecule has 23 heavy (non-hydrogen) atoms. The molecule has 6 nitrogen and oxygen atoms in total. The minimum atomic E-state index is -0.441. The van der Waals surface area contributed by atoms with E-state index < -0.39 is 12.2 Å². The third-order valence-corrected chi connectivity index (χ3v) is 4.57. The number of benzene rings is 1. The smallest absolute Gasteiger partial charge is 0.414 e. The van der Waals surface area contributed by atoms with Crippen molar-refractivity contribution < 1.29 is 14.6 Å². The molecule has 2 saturated heterocycles. The van der Waals surface area contributed by atoms with Gasteiger partial charge in [-0.05, 0) is 37.1 Å². The van der Waals surface area contributed by atoms with Crippen LogP contribution in [-0.4, -0.2) is 50.1 Å². The lowest BCUT2D eigenvalue weighted by atomic mass is 9.96. The van der Waals surface area contributed by atoms with Crippen molar-refractivity contribution in [1.82, 2.24) is 0 Å². The van der Waals surface area contributed by atoms with E-state index in [1.54, 1.807) is 4.90 Å². The molecular weight excluding hydrogens is 294 g/mol. The molecule has 0 unspecified atom stereocenters. The van der Waals surface area contributed by atoms with Crippen molar-refractivity contribution in [2.45, 2.75) is 18.9 Å². The second-order valence-electron chi connectivity index (χ2n) is 6.09. The maximum Gasteiger partial charge on any atom is 0.414 e. The van der Waals surface area contributed by atoms with Crippen LogP contribution in [0, 0.1) is 12.5 Å². The number of hydrogen-bond acceptors (Lipinski definition) is 4. The first-order chi connectivity index (χ1) is 11.2. The lowest BCUT2D eigenvalue weighted by Gasteiger charge is -2.32. The van der Waals surface area contributed by atoms with E-state index in [1.165, 1.54) is 0 Å². The van der Waals surface area contributed by atoms with E-state index in [0.29, 0.717) is 19.0 Å². The van der Waals surface area contributed by atoms with Gasteiger partial charge in [0.1, 0.15) is 6.10 Å². The number of carbonyl (C=O) groups is 1. The van der Waals surface area contributed by atoms with Gasteiger partial charge in [-0.2, -0.15) is 0 Å². The van der Waals surface area contributed by atoms with Crippen molar-refractivity contribution >= 4 is 17.5 Å². The summed E-state index contributed by atoms with van der Waals surface area (Å²) in [4.78, 5) is 19.2. The number of amides is 1. The first-order valence-electron chi connectivity index (χ1n) is 7.98. The Morgan fingerprint density at radius 3 is 2.43 bits per heavy atom. The van der Waals surface area contributed by atoms with Crippen LogP contribution in [0.5, 0.6) is 0 Å². The zero-order valence-corrected chi connectivity index (χ0v) is 13.0. The number of nitrogens with zero attached hydrogens (tertiary/aromatic N) is 3. The highest BCUT2D eigenvalue weighted by molar-refractivity contribution is 5.90. The van der Waals surface area contributed by atoms with Crippen molar-refractivity contribution in [3.05, 3.63) is 35.7 Å². The second kappa shape index (κ2) is 6.88. The molecule has 2 aliphatic rings. The maximum atomic E-state index is 11.8. The van der Waals surface area contributed by atoms with Crippen LogP contribution in [0.2, 0.25) is 0 Å². The molecule has 0 spiro atoms. The highest BCUT2D eigenvalue weighted by atomic mass is 16.6. The molecule has 1 amide bonds. The van der Waals surface area contributed by atoms with Crippen LogP contribution < -0.4 is 9.80 Å². The Kier molecular flexibility index (Phi) is 4.68. The number of ether oxygens (including phenoxy) is 1. The van der Waals surface area contributed by atoms with Gasteiger partial charge in [-0.25, -0.2) is 11.4 Å². The summed E-state index contributed by atoms with van der Waals surface area (Å²) in [5.74, 6) is 0.526. The largest absolute Gasteiger partial charge is 0.441 e. The molecular formula is C17H21N3O3. The van der Waals surface area contributed by atoms with Crippen LogP contribution in [-0.2, 0) is 4.74 Å². The summed E-state index contributed by atoms with van der Waals surface area (Å²) in [7, 11) is 0. The van der Waals surface area contributed by atoms with Crippen LogP contribution >= 0.6 is 0 Å². The fraction of sp³-hybridized carbons (Fsp3) is 0.529. The zero-order valence-electron chi connectivity index (χ0n) is 13.0. The van der Waals surface area contributed by atoms with E-state index in [-0.39, 0.29) is 6.61 Å². The topological polar surface area (TPSA) is 57.4 Å². The summed E-state index contributed by atoms with van der Waals surface area (Å²) in [5, 5.41) is 9.09. The zero-order chi connectivity index (χ0) is 16.2. The molecule has 2 heterocycles. The van der Waals surface area contributed by atoms with Gasteiger partial charge in [0.15, 0.2) is 0 Å². The Balaban J connectivity index is 1.62. The van der Waals surface area contributed by atoms with Gasteiger partial charge in [0.05, 0.1) is 13.2 Å². The van der Waals surface area contributed by atoms with Crippen molar-refractivity contribution in [2.24, 2.45) is 5.92 Å². The minimum absolute atomic E-state index is 0.153. The maximum absolute atomic E-state index is 11.8. The molecule has 0 aromatic heterocycles. The van der Waals surface area contributed by atoms with E-state index in [0.717, 1.165) is 37.3 Å². The fourth-order valence-corrected chi connectivity index (χ4v) is 3.17. The van der Waals surface area contributed by atoms with Gasteiger partial charge in [0.25, 0.3) is 0 Å². The predicted molar refractivity (Wildman–Crippen MR) is 87.5 cm³/mol. The summed E-state index contributed by atoms with van der Waals surface area (Å²) >= 11 is 0. The van der Waals surface area contributed by atoms with E-state index in [9.17, 15) is 4.79 Å². The van der Waals surface area contributed by atoms with Crippen molar-refractivity contribution in [1.29, 1.82) is 0 Å². The van der Waals surface area contributed by atoms with E-state index in [1.807, 2.05) is 24.3 Å². The van der Waals surface area contributed by atoms with Crippen molar-refractivity contribution in [3.63, 3.8) is 0 Å². The quantitative estimate of drug-likeness (QED) is 0.865. The molecule has 0 saturated carbocycles. The monoisotopic (exact) mass is 315 g/mol. The molecule has 122 valence electrons. The van der Waals surface area contributed by atoms with Gasteiger partial charge >= 0.3 is 6.09 Å². The van der Waals surface area contributed by atoms with Gasteiger partial charge in [0.2, 0.25) is 6.54 Å². The van der Waals surface area contributed by atoms with Crippen molar-refractivity contribution in [2.75, 3.05) is 42.6 Å². The molecule has 2 fully saturated rings. The number of cyclic esters (lactones) is 1. The Morgan fingerprint density at radius 2 is 1.87 bits per heavy atom. The number of aliphatic hydroxyl groups excluding tert-OH is 1. The number of piperidine rings is 1. The van der Waals surface area contributed by atoms with Crippen LogP contribution in [0.15, 0.2) is 24.3 Å². The summed E-state index contributed by atoms with van der Waals surface area (Å²) in [6.07, 6.45) is 1.27. The molecule has 0 bridgehead atoms. The van der Waals surface area contributed by atoms with Crippen LogP contribution in [0.4, 0.5) is 16.2 Å².